The Hall–Kier alpha value is 0. The Morgan fingerprint density at radius 2 is 1.75 bits per heavy atom. The normalized spacial score (nSPS) is 36.8. The first-order chi connectivity index (χ1) is 5.79. The zero-order valence-electron chi connectivity index (χ0n) is 8.97. The molecule has 0 radical (unpaired) electrons. The quantitative estimate of drug-likeness (QED) is 0.591. The molecule has 0 heterocycles. The summed E-state index contributed by atoms with van der Waals surface area (Å²) in [4.78, 5) is 0. The molecule has 0 heteroatoms. The fourth-order valence-corrected chi connectivity index (χ4v) is 2.91. The summed E-state index contributed by atoms with van der Waals surface area (Å²) in [5.74, 6) is 3.09. The lowest BCUT2D eigenvalue weighted by atomic mass is 9.70. The summed E-state index contributed by atoms with van der Waals surface area (Å²) in [6.45, 7) is 7.16. The van der Waals surface area contributed by atoms with Crippen molar-refractivity contribution in [2.45, 2.75) is 59.3 Å². The Morgan fingerprint density at radius 3 is 2.33 bits per heavy atom. The lowest BCUT2D eigenvalue weighted by Gasteiger charge is -2.35. The van der Waals surface area contributed by atoms with E-state index in [4.69, 9.17) is 0 Å². The third kappa shape index (κ3) is 2.24. The van der Waals surface area contributed by atoms with Gasteiger partial charge in [0.25, 0.3) is 0 Å². The summed E-state index contributed by atoms with van der Waals surface area (Å²) in [6.07, 6.45) is 8.75. The van der Waals surface area contributed by atoms with E-state index >= 15 is 0 Å². The van der Waals surface area contributed by atoms with Gasteiger partial charge in [0.15, 0.2) is 0 Å². The van der Waals surface area contributed by atoms with Crippen molar-refractivity contribution in [3.8, 4) is 0 Å². The van der Waals surface area contributed by atoms with Gasteiger partial charge in [0.05, 0.1) is 0 Å². The number of hydrogen-bond donors (Lipinski definition) is 0. The van der Waals surface area contributed by atoms with Crippen molar-refractivity contribution in [3.63, 3.8) is 0 Å². The Balaban J connectivity index is 2.41. The van der Waals surface area contributed by atoms with Gasteiger partial charge >= 0.3 is 0 Å². The third-order valence-corrected chi connectivity index (χ3v) is 3.82. The Labute approximate surface area is 77.7 Å². The third-order valence-electron chi connectivity index (χ3n) is 3.82. The van der Waals surface area contributed by atoms with Gasteiger partial charge in [-0.25, -0.2) is 0 Å². The lowest BCUT2D eigenvalue weighted by molar-refractivity contribution is 0.155. The highest BCUT2D eigenvalue weighted by atomic mass is 14.3. The molecule has 1 fully saturated rings. The fraction of sp³-hybridized carbons (Fsp3) is 1.00. The molecule has 0 aromatic rings. The standard InChI is InChI=1S/C12H24/c1-4-7-12-9-6-8-11(5-2)10(12)3/h10-12H,4-9H2,1-3H3. The average Bonchev–Trinajstić information content (AvgIpc) is 2.09. The van der Waals surface area contributed by atoms with Crippen molar-refractivity contribution in [3.05, 3.63) is 0 Å². The van der Waals surface area contributed by atoms with Gasteiger partial charge in [-0.3, -0.25) is 0 Å². The van der Waals surface area contributed by atoms with Crippen molar-refractivity contribution in [2.24, 2.45) is 17.8 Å². The Kier molecular flexibility index (Phi) is 4.11. The summed E-state index contributed by atoms with van der Waals surface area (Å²) >= 11 is 0. The van der Waals surface area contributed by atoms with E-state index in [0.29, 0.717) is 0 Å². The van der Waals surface area contributed by atoms with Crippen molar-refractivity contribution in [1.82, 2.24) is 0 Å². The molecular weight excluding hydrogens is 144 g/mol. The predicted octanol–water partition coefficient (Wildman–Crippen LogP) is 4.25. The van der Waals surface area contributed by atoms with Crippen LogP contribution in [0.15, 0.2) is 0 Å². The van der Waals surface area contributed by atoms with Crippen LogP contribution in [0.4, 0.5) is 0 Å². The van der Waals surface area contributed by atoms with Gasteiger partial charge < -0.3 is 0 Å². The largest absolute Gasteiger partial charge is 0.0654 e. The van der Waals surface area contributed by atoms with Gasteiger partial charge in [0.1, 0.15) is 0 Å². The molecule has 0 amide bonds. The maximum Gasteiger partial charge on any atom is -0.0386 e. The van der Waals surface area contributed by atoms with E-state index in [9.17, 15) is 0 Å². The summed E-state index contributed by atoms with van der Waals surface area (Å²) in [6, 6.07) is 0. The Bertz CT molecular complexity index is 115. The minimum absolute atomic E-state index is 1.00. The molecule has 0 nitrogen and oxygen atoms in total. The van der Waals surface area contributed by atoms with Crippen LogP contribution in [0.3, 0.4) is 0 Å². The minimum atomic E-state index is 1.00. The first-order valence-electron chi connectivity index (χ1n) is 5.79. The van der Waals surface area contributed by atoms with Crippen LogP contribution in [0.5, 0.6) is 0 Å². The molecule has 1 aliphatic carbocycles. The van der Waals surface area contributed by atoms with E-state index in [0.717, 1.165) is 17.8 Å². The monoisotopic (exact) mass is 168 g/mol. The topological polar surface area (TPSA) is 0 Å². The van der Waals surface area contributed by atoms with Crippen LogP contribution >= 0.6 is 0 Å². The molecule has 12 heavy (non-hydrogen) atoms. The van der Waals surface area contributed by atoms with Gasteiger partial charge in [0, 0.05) is 0 Å². The van der Waals surface area contributed by atoms with E-state index in [-0.39, 0.29) is 0 Å². The molecule has 0 saturated heterocycles. The molecule has 0 spiro atoms. The minimum Gasteiger partial charge on any atom is -0.0654 e. The highest BCUT2D eigenvalue weighted by molar-refractivity contribution is 4.78. The molecule has 0 aliphatic heterocycles. The molecule has 0 N–H and O–H groups in total. The van der Waals surface area contributed by atoms with Crippen LogP contribution in [0.25, 0.3) is 0 Å². The van der Waals surface area contributed by atoms with Crippen LogP contribution in [0.1, 0.15) is 59.3 Å². The van der Waals surface area contributed by atoms with E-state index in [1.165, 1.54) is 38.5 Å². The van der Waals surface area contributed by atoms with Crippen molar-refractivity contribution in [2.75, 3.05) is 0 Å². The van der Waals surface area contributed by atoms with E-state index in [1.807, 2.05) is 0 Å². The second kappa shape index (κ2) is 4.89. The first-order valence-corrected chi connectivity index (χ1v) is 5.79. The van der Waals surface area contributed by atoms with Gasteiger partial charge in [-0.15, -0.1) is 0 Å². The predicted molar refractivity (Wildman–Crippen MR) is 55.2 cm³/mol. The molecule has 1 saturated carbocycles. The van der Waals surface area contributed by atoms with Crippen LogP contribution in [-0.4, -0.2) is 0 Å². The molecule has 3 unspecified atom stereocenters. The molecule has 0 bridgehead atoms. The molecule has 1 rings (SSSR count). The van der Waals surface area contributed by atoms with Crippen LogP contribution in [0.2, 0.25) is 0 Å². The van der Waals surface area contributed by atoms with Crippen molar-refractivity contribution >= 4 is 0 Å². The number of hydrogen-bond acceptors (Lipinski definition) is 0. The second-order valence-corrected chi connectivity index (χ2v) is 4.51. The lowest BCUT2D eigenvalue weighted by Crippen LogP contribution is -2.25. The maximum absolute atomic E-state index is 2.48. The molecule has 1 aliphatic rings. The van der Waals surface area contributed by atoms with Crippen molar-refractivity contribution in [1.29, 1.82) is 0 Å². The molecular formula is C12H24. The highest BCUT2D eigenvalue weighted by Gasteiger charge is 2.27. The van der Waals surface area contributed by atoms with Crippen LogP contribution in [-0.2, 0) is 0 Å². The molecule has 0 aromatic heterocycles. The van der Waals surface area contributed by atoms with Gasteiger partial charge in [-0.05, 0) is 17.8 Å². The summed E-state index contributed by atoms with van der Waals surface area (Å²) in [5, 5.41) is 0. The van der Waals surface area contributed by atoms with E-state index < -0.39 is 0 Å². The first kappa shape index (κ1) is 10.1. The van der Waals surface area contributed by atoms with Gasteiger partial charge in [-0.2, -0.15) is 0 Å². The zero-order valence-corrected chi connectivity index (χ0v) is 8.97. The SMILES string of the molecule is CCCC1CCCC(CC)C1C. The van der Waals surface area contributed by atoms with Crippen LogP contribution in [0, 0.1) is 17.8 Å². The molecule has 3 atom stereocenters. The van der Waals surface area contributed by atoms with Gasteiger partial charge in [-0.1, -0.05) is 59.3 Å². The van der Waals surface area contributed by atoms with Crippen LogP contribution < -0.4 is 0 Å². The Morgan fingerprint density at radius 1 is 1.08 bits per heavy atom. The maximum atomic E-state index is 2.48. The summed E-state index contributed by atoms with van der Waals surface area (Å²) in [5.41, 5.74) is 0. The second-order valence-electron chi connectivity index (χ2n) is 4.51. The zero-order chi connectivity index (χ0) is 8.97. The van der Waals surface area contributed by atoms with Crippen molar-refractivity contribution < 1.29 is 0 Å². The van der Waals surface area contributed by atoms with Gasteiger partial charge in [0.2, 0.25) is 0 Å². The molecule has 72 valence electrons. The average molecular weight is 168 g/mol. The van der Waals surface area contributed by atoms with E-state index in [1.54, 1.807) is 0 Å². The molecule has 0 aromatic carbocycles. The number of rotatable bonds is 3. The highest BCUT2D eigenvalue weighted by Crippen LogP contribution is 2.38. The summed E-state index contributed by atoms with van der Waals surface area (Å²) < 4.78 is 0. The fourth-order valence-electron chi connectivity index (χ4n) is 2.91. The van der Waals surface area contributed by atoms with E-state index in [2.05, 4.69) is 20.8 Å². The summed E-state index contributed by atoms with van der Waals surface area (Å²) in [7, 11) is 0. The smallest absolute Gasteiger partial charge is 0.0386 e.